The van der Waals surface area contributed by atoms with Gasteiger partial charge in [0, 0.05) is 11.8 Å². The minimum absolute atomic E-state index is 0.158. The number of hydrogen-bond acceptors (Lipinski definition) is 4. The van der Waals surface area contributed by atoms with Crippen LogP contribution in [0.25, 0.3) is 0 Å². The number of methoxy groups -OCH3 is 1. The van der Waals surface area contributed by atoms with E-state index in [-0.39, 0.29) is 18.5 Å². The highest BCUT2D eigenvalue weighted by Gasteiger charge is 2.28. The molecule has 2 rings (SSSR count). The molecule has 2 aromatic rings. The number of benzene rings is 2. The van der Waals surface area contributed by atoms with E-state index in [9.17, 15) is 23.2 Å². The molecule has 0 fully saturated rings. The molecule has 166 valence electrons. The van der Waals surface area contributed by atoms with Crippen LogP contribution in [0, 0.1) is 11.6 Å². The molecule has 0 spiro atoms. The van der Waals surface area contributed by atoms with Crippen LogP contribution in [0.2, 0.25) is 0 Å². The van der Waals surface area contributed by atoms with Gasteiger partial charge in [-0.05, 0) is 36.2 Å². The molecule has 1 N–H and O–H groups in total. The van der Waals surface area contributed by atoms with Crippen molar-refractivity contribution in [3.8, 4) is 0 Å². The van der Waals surface area contributed by atoms with Crippen molar-refractivity contribution in [2.45, 2.75) is 38.6 Å². The Morgan fingerprint density at radius 3 is 2.29 bits per heavy atom. The number of esters is 1. The second kappa shape index (κ2) is 11.8. The number of nitrogens with zero attached hydrogens (tertiary/aromatic N) is 1. The Hall–Kier alpha value is -3.29. The van der Waals surface area contributed by atoms with Gasteiger partial charge < -0.3 is 10.1 Å². The first kappa shape index (κ1) is 24.0. The van der Waals surface area contributed by atoms with Crippen LogP contribution < -0.4 is 10.2 Å². The van der Waals surface area contributed by atoms with Crippen molar-refractivity contribution in [1.29, 1.82) is 0 Å². The lowest BCUT2D eigenvalue weighted by Crippen LogP contribution is -2.50. The van der Waals surface area contributed by atoms with Gasteiger partial charge in [-0.25, -0.2) is 8.78 Å². The second-order valence-electron chi connectivity index (χ2n) is 7.05. The van der Waals surface area contributed by atoms with E-state index in [0.29, 0.717) is 18.5 Å². The minimum Gasteiger partial charge on any atom is -0.468 e. The van der Waals surface area contributed by atoms with E-state index in [0.717, 1.165) is 24.6 Å². The van der Waals surface area contributed by atoms with Crippen LogP contribution in [-0.2, 0) is 25.5 Å². The molecule has 0 saturated heterocycles. The van der Waals surface area contributed by atoms with Crippen molar-refractivity contribution in [3.63, 3.8) is 0 Å². The van der Waals surface area contributed by atoms with Crippen molar-refractivity contribution in [1.82, 2.24) is 5.32 Å². The fourth-order valence-corrected chi connectivity index (χ4v) is 3.10. The first-order valence-electron chi connectivity index (χ1n) is 10.0. The van der Waals surface area contributed by atoms with E-state index in [4.69, 9.17) is 4.74 Å². The lowest BCUT2D eigenvalue weighted by atomic mass is 10.1. The average Bonchev–Trinajstić information content (AvgIpc) is 2.74. The van der Waals surface area contributed by atoms with Gasteiger partial charge in [-0.1, -0.05) is 38.0 Å². The third-order valence-electron chi connectivity index (χ3n) is 4.62. The lowest BCUT2D eigenvalue weighted by Gasteiger charge is -2.27. The Kier molecular flexibility index (Phi) is 9.12. The van der Waals surface area contributed by atoms with E-state index >= 15 is 0 Å². The van der Waals surface area contributed by atoms with Crippen LogP contribution in [0.1, 0.15) is 31.7 Å². The molecule has 0 aliphatic carbocycles. The number of rotatable bonds is 10. The molecule has 0 bridgehead atoms. The molecule has 2 amide bonds. The first-order valence-corrected chi connectivity index (χ1v) is 10.0. The maximum Gasteiger partial charge on any atom is 0.325 e. The number of hydrogen-bond donors (Lipinski definition) is 1. The molecule has 0 saturated carbocycles. The molecule has 0 radical (unpaired) electrons. The van der Waals surface area contributed by atoms with Crippen molar-refractivity contribution >= 4 is 23.5 Å². The number of para-hydroxylation sites is 1. The minimum atomic E-state index is -0.907. The highest BCUT2D eigenvalue weighted by Crippen LogP contribution is 2.17. The molecule has 1 atom stereocenters. The third kappa shape index (κ3) is 7.47. The topological polar surface area (TPSA) is 75.7 Å². The van der Waals surface area contributed by atoms with Gasteiger partial charge in [0.1, 0.15) is 24.2 Å². The molecule has 8 heteroatoms. The average molecular weight is 432 g/mol. The van der Waals surface area contributed by atoms with Crippen LogP contribution in [0.15, 0.2) is 48.5 Å². The molecule has 2 aromatic carbocycles. The lowest BCUT2D eigenvalue weighted by molar-refractivity contribution is -0.140. The van der Waals surface area contributed by atoms with Gasteiger partial charge in [-0.2, -0.15) is 0 Å². The maximum absolute atomic E-state index is 13.4. The van der Waals surface area contributed by atoms with Gasteiger partial charge in [0.2, 0.25) is 11.8 Å². The van der Waals surface area contributed by atoms with Crippen molar-refractivity contribution in [2.75, 3.05) is 18.6 Å². The highest BCUT2D eigenvalue weighted by atomic mass is 19.1. The SMILES string of the molecule is CCCC[C@H](NC(=O)Cc1cc(F)cc(F)c1)C(=O)N(CC(=O)OC)c1ccccc1. The number of unbranched alkanes of at least 4 members (excludes halogenated alkanes) is 1. The van der Waals surface area contributed by atoms with Crippen LogP contribution in [0.5, 0.6) is 0 Å². The van der Waals surface area contributed by atoms with E-state index in [1.54, 1.807) is 30.3 Å². The third-order valence-corrected chi connectivity index (χ3v) is 4.62. The fraction of sp³-hybridized carbons (Fsp3) is 0.348. The van der Waals surface area contributed by atoms with Crippen LogP contribution >= 0.6 is 0 Å². The predicted molar refractivity (Wildman–Crippen MR) is 112 cm³/mol. The Morgan fingerprint density at radius 2 is 1.71 bits per heavy atom. The predicted octanol–water partition coefficient (Wildman–Crippen LogP) is 3.39. The molecule has 0 aliphatic rings. The van der Waals surface area contributed by atoms with Gasteiger partial charge in [0.25, 0.3) is 0 Å². The van der Waals surface area contributed by atoms with E-state index < -0.39 is 35.5 Å². The van der Waals surface area contributed by atoms with Gasteiger partial charge in [0.15, 0.2) is 0 Å². The number of anilines is 1. The summed E-state index contributed by atoms with van der Waals surface area (Å²) < 4.78 is 31.5. The van der Waals surface area contributed by atoms with Crippen LogP contribution in [0.3, 0.4) is 0 Å². The quantitative estimate of drug-likeness (QED) is 0.584. The summed E-state index contributed by atoms with van der Waals surface area (Å²) in [6.07, 6.45) is 1.51. The summed E-state index contributed by atoms with van der Waals surface area (Å²) in [4.78, 5) is 39.0. The van der Waals surface area contributed by atoms with E-state index in [2.05, 4.69) is 5.32 Å². The van der Waals surface area contributed by atoms with E-state index in [1.165, 1.54) is 12.0 Å². The van der Waals surface area contributed by atoms with Gasteiger partial charge in [0.05, 0.1) is 13.5 Å². The summed E-state index contributed by atoms with van der Waals surface area (Å²) in [6.45, 7) is 1.63. The van der Waals surface area contributed by atoms with Gasteiger partial charge >= 0.3 is 5.97 Å². The Labute approximate surface area is 180 Å². The Balaban J connectivity index is 2.21. The number of nitrogens with one attached hydrogen (secondary N) is 1. The van der Waals surface area contributed by atoms with Gasteiger partial charge in [-0.3, -0.25) is 19.3 Å². The number of amides is 2. The van der Waals surface area contributed by atoms with Crippen molar-refractivity contribution < 1.29 is 27.9 Å². The summed E-state index contributed by atoms with van der Waals surface area (Å²) in [5.74, 6) is -3.19. The summed E-state index contributed by atoms with van der Waals surface area (Å²) in [5, 5.41) is 2.65. The molecule has 0 aliphatic heterocycles. The molecular formula is C23H26F2N2O4. The summed E-state index contributed by atoms with van der Waals surface area (Å²) >= 11 is 0. The zero-order valence-corrected chi connectivity index (χ0v) is 17.6. The Morgan fingerprint density at radius 1 is 1.06 bits per heavy atom. The molecule has 0 heterocycles. The monoisotopic (exact) mass is 432 g/mol. The van der Waals surface area contributed by atoms with Gasteiger partial charge in [-0.15, -0.1) is 0 Å². The fourth-order valence-electron chi connectivity index (χ4n) is 3.10. The number of carbonyl (C=O) groups is 3. The smallest absolute Gasteiger partial charge is 0.325 e. The van der Waals surface area contributed by atoms with Crippen LogP contribution in [-0.4, -0.2) is 37.5 Å². The number of carbonyl (C=O) groups excluding carboxylic acids is 3. The van der Waals surface area contributed by atoms with Crippen molar-refractivity contribution in [3.05, 3.63) is 65.7 Å². The zero-order valence-electron chi connectivity index (χ0n) is 17.6. The highest BCUT2D eigenvalue weighted by molar-refractivity contribution is 6.02. The standard InChI is InChI=1S/C23H26F2N2O4/c1-3-4-10-20(26-21(28)13-16-11-17(24)14-18(25)12-16)23(30)27(15-22(29)31-2)19-8-6-5-7-9-19/h5-9,11-12,14,20H,3-4,10,13,15H2,1-2H3,(H,26,28)/t20-/m0/s1. The van der Waals surface area contributed by atoms with Crippen molar-refractivity contribution in [2.24, 2.45) is 0 Å². The molecule has 0 aromatic heterocycles. The normalized spacial score (nSPS) is 11.5. The Bertz CT molecular complexity index is 885. The molecular weight excluding hydrogens is 406 g/mol. The van der Waals surface area contributed by atoms with Crippen LogP contribution in [0.4, 0.5) is 14.5 Å². The number of halogens is 2. The zero-order chi connectivity index (χ0) is 22.8. The summed E-state index contributed by atoms with van der Waals surface area (Å²) in [7, 11) is 1.23. The second-order valence-corrected chi connectivity index (χ2v) is 7.05. The first-order chi connectivity index (χ1) is 14.8. The largest absolute Gasteiger partial charge is 0.468 e. The number of ether oxygens (including phenoxy) is 1. The molecule has 31 heavy (non-hydrogen) atoms. The summed E-state index contributed by atoms with van der Waals surface area (Å²) in [5.41, 5.74) is 0.645. The van der Waals surface area contributed by atoms with E-state index in [1.807, 2.05) is 6.92 Å². The maximum atomic E-state index is 13.4. The molecule has 0 unspecified atom stereocenters. The summed E-state index contributed by atoms with van der Waals surface area (Å²) in [6, 6.07) is 10.5. The molecule has 6 nitrogen and oxygen atoms in total.